The van der Waals surface area contributed by atoms with Gasteiger partial charge in [-0.1, -0.05) is 12.1 Å². The molecule has 0 aliphatic heterocycles. The molecule has 0 N–H and O–H groups in total. The topological polar surface area (TPSA) is 48.0 Å². The number of hydrogen-bond acceptors (Lipinski definition) is 4. The number of amides is 1. The molecule has 1 aromatic rings. The average molecular weight is 531 g/mol. The van der Waals surface area contributed by atoms with Gasteiger partial charge in [0.1, 0.15) is 0 Å². The second-order valence-electron chi connectivity index (χ2n) is 4.12. The van der Waals surface area contributed by atoms with Crippen LogP contribution in [0.25, 0.3) is 0 Å². The number of hydrogen-bond donors (Lipinski definition) is 0. The molecule has 6 heteroatoms. The first-order valence-corrected chi connectivity index (χ1v) is 7.10. The van der Waals surface area contributed by atoms with E-state index < -0.39 is 0 Å². The van der Waals surface area contributed by atoms with Gasteiger partial charge in [-0.25, -0.2) is 4.79 Å². The molecule has 0 atom stereocenters. The van der Waals surface area contributed by atoms with Crippen molar-refractivity contribution < 1.29 is 50.1 Å². The molecule has 22 heavy (non-hydrogen) atoms. The second kappa shape index (κ2) is 12.7. The SMILES string of the molecule is [CH2-]CN(C[CH-]COc1ccccc1OCC)C(=O)OCC.[U+2]. The number of rotatable bonds is 9. The molecule has 0 saturated carbocycles. The minimum Gasteiger partial charge on any atom is -0.522 e. The summed E-state index contributed by atoms with van der Waals surface area (Å²) in [5.74, 6) is 1.40. The third-order valence-electron chi connectivity index (χ3n) is 2.65. The molecule has 0 aromatic heterocycles. The Morgan fingerprint density at radius 2 is 1.82 bits per heavy atom. The van der Waals surface area contributed by atoms with E-state index in [1.165, 1.54) is 4.90 Å². The van der Waals surface area contributed by atoms with Crippen LogP contribution < -0.4 is 9.47 Å². The normalized spacial score (nSPS) is 9.59. The number of carbonyl (C=O) groups excluding carboxylic acids is 1. The van der Waals surface area contributed by atoms with Gasteiger partial charge in [0.15, 0.2) is 11.5 Å². The molecule has 0 fully saturated rings. The predicted octanol–water partition coefficient (Wildman–Crippen LogP) is 2.96. The van der Waals surface area contributed by atoms with Gasteiger partial charge in [0, 0.05) is 0 Å². The van der Waals surface area contributed by atoms with Crippen molar-refractivity contribution in [2.45, 2.75) is 13.8 Å². The number of benzene rings is 1. The summed E-state index contributed by atoms with van der Waals surface area (Å²) in [4.78, 5) is 13.1. The number of para-hydroxylation sites is 2. The molecule has 0 saturated heterocycles. The van der Waals surface area contributed by atoms with Crippen LogP contribution in [0.5, 0.6) is 11.5 Å². The Morgan fingerprint density at radius 1 is 1.18 bits per heavy atom. The Bertz CT molecular complexity index is 428. The van der Waals surface area contributed by atoms with Gasteiger partial charge < -0.3 is 26.0 Å². The molecule has 0 radical (unpaired) electrons. The minimum atomic E-state index is -0.363. The fraction of sp³-hybridized carbons (Fsp3) is 0.438. The second-order valence-corrected chi connectivity index (χ2v) is 4.12. The van der Waals surface area contributed by atoms with Crippen molar-refractivity contribution in [3.8, 4) is 11.5 Å². The van der Waals surface area contributed by atoms with E-state index >= 15 is 0 Å². The van der Waals surface area contributed by atoms with Gasteiger partial charge in [-0.05, 0) is 32.6 Å². The minimum absolute atomic E-state index is 0. The van der Waals surface area contributed by atoms with Crippen molar-refractivity contribution in [3.63, 3.8) is 0 Å². The molecule has 1 aromatic carbocycles. The van der Waals surface area contributed by atoms with Crippen molar-refractivity contribution in [3.05, 3.63) is 37.6 Å². The van der Waals surface area contributed by atoms with Gasteiger partial charge in [-0.2, -0.15) is 0 Å². The zero-order chi connectivity index (χ0) is 15.5. The van der Waals surface area contributed by atoms with Crippen LogP contribution in [0.4, 0.5) is 4.79 Å². The molecule has 120 valence electrons. The van der Waals surface area contributed by atoms with Gasteiger partial charge in [-0.15, -0.1) is 13.1 Å². The molecule has 5 nitrogen and oxygen atoms in total. The Morgan fingerprint density at radius 3 is 2.36 bits per heavy atom. The predicted molar refractivity (Wildman–Crippen MR) is 81.4 cm³/mol. The first kappa shape index (κ1) is 21.1. The number of carbonyl (C=O) groups is 1. The van der Waals surface area contributed by atoms with Crippen LogP contribution >= 0.6 is 0 Å². The van der Waals surface area contributed by atoms with Crippen LogP contribution in [0.2, 0.25) is 0 Å². The molecule has 0 aliphatic rings. The van der Waals surface area contributed by atoms with Gasteiger partial charge in [0.2, 0.25) is 0 Å². The smallest absolute Gasteiger partial charge is 0.522 e. The maximum atomic E-state index is 11.6. The summed E-state index contributed by atoms with van der Waals surface area (Å²) in [5, 5.41) is 0. The quantitative estimate of drug-likeness (QED) is 0.364. The van der Waals surface area contributed by atoms with Gasteiger partial charge in [0.05, 0.1) is 13.2 Å². The molecule has 0 heterocycles. The summed E-state index contributed by atoms with van der Waals surface area (Å²) in [5.41, 5.74) is 0. The van der Waals surface area contributed by atoms with Crippen LogP contribution in [-0.4, -0.2) is 43.9 Å². The maximum Gasteiger partial charge on any atom is 2.00 e. The molecular formula is C16H23NO4U. The van der Waals surface area contributed by atoms with E-state index in [0.717, 1.165) is 0 Å². The van der Waals surface area contributed by atoms with E-state index in [1.54, 1.807) is 6.92 Å². The molecular weight excluding hydrogens is 508 g/mol. The largest absolute Gasteiger partial charge is 2.00 e. The van der Waals surface area contributed by atoms with Crippen molar-refractivity contribution in [1.82, 2.24) is 4.90 Å². The molecule has 0 spiro atoms. The Hall–Kier alpha value is -0.858. The Balaban J connectivity index is 0.00000441. The van der Waals surface area contributed by atoms with Crippen LogP contribution in [0.3, 0.4) is 0 Å². The van der Waals surface area contributed by atoms with E-state index in [1.807, 2.05) is 37.6 Å². The summed E-state index contributed by atoms with van der Waals surface area (Å²) in [6.07, 6.45) is 1.49. The zero-order valence-corrected chi connectivity index (χ0v) is 17.4. The van der Waals surface area contributed by atoms with Gasteiger partial charge >= 0.3 is 37.2 Å². The van der Waals surface area contributed by atoms with Gasteiger partial charge in [0.25, 0.3) is 0 Å². The molecule has 1 rings (SSSR count). The molecule has 1 amide bonds. The van der Waals surface area contributed by atoms with E-state index in [9.17, 15) is 4.79 Å². The fourth-order valence-electron chi connectivity index (χ4n) is 1.67. The van der Waals surface area contributed by atoms with Crippen molar-refractivity contribution in [1.29, 1.82) is 0 Å². The third kappa shape index (κ3) is 7.42. The summed E-state index contributed by atoms with van der Waals surface area (Å²) in [6, 6.07) is 7.49. The standard InChI is InChI=1S/C16H23NO4.U/c1-4-17(16(18)20-6-3)12-9-13-21-15-11-8-7-10-14(15)19-5-2;/h7-11H,1,4-6,12-13H2,2-3H3;/q-2;+2. The van der Waals surface area contributed by atoms with Crippen LogP contribution in [0, 0.1) is 44.5 Å². The summed E-state index contributed by atoms with van der Waals surface area (Å²) >= 11 is 0. The van der Waals surface area contributed by atoms with Gasteiger partial charge in [-0.3, -0.25) is 6.42 Å². The number of nitrogens with zero attached hydrogens (tertiary/aromatic N) is 1. The monoisotopic (exact) mass is 531 g/mol. The number of ether oxygens (including phenoxy) is 3. The van der Waals surface area contributed by atoms with Crippen molar-refractivity contribution in [2.24, 2.45) is 0 Å². The van der Waals surface area contributed by atoms with E-state index in [4.69, 9.17) is 14.2 Å². The summed E-state index contributed by atoms with van der Waals surface area (Å²) < 4.78 is 16.0. The van der Waals surface area contributed by atoms with E-state index in [-0.39, 0.29) is 37.2 Å². The van der Waals surface area contributed by atoms with Crippen LogP contribution in [0.1, 0.15) is 13.8 Å². The summed E-state index contributed by atoms with van der Waals surface area (Å²) in [6.45, 7) is 9.51. The van der Waals surface area contributed by atoms with E-state index in [2.05, 4.69) is 6.92 Å². The maximum absolute atomic E-state index is 11.6. The van der Waals surface area contributed by atoms with Crippen molar-refractivity contribution >= 4 is 6.09 Å². The summed E-state index contributed by atoms with van der Waals surface area (Å²) in [7, 11) is 0. The first-order chi connectivity index (χ1) is 10.2. The fourth-order valence-corrected chi connectivity index (χ4v) is 1.67. The first-order valence-electron chi connectivity index (χ1n) is 7.10. The molecule has 0 unspecified atom stereocenters. The molecule has 0 bridgehead atoms. The van der Waals surface area contributed by atoms with Crippen LogP contribution in [0.15, 0.2) is 24.3 Å². The zero-order valence-electron chi connectivity index (χ0n) is 13.2. The van der Waals surface area contributed by atoms with Crippen LogP contribution in [-0.2, 0) is 4.74 Å². The Labute approximate surface area is 156 Å². The van der Waals surface area contributed by atoms with Crippen molar-refractivity contribution in [2.75, 3.05) is 32.9 Å². The van der Waals surface area contributed by atoms with E-state index in [0.29, 0.717) is 44.4 Å². The molecule has 0 aliphatic carbocycles. The third-order valence-corrected chi connectivity index (χ3v) is 2.65. The Kier molecular flexibility index (Phi) is 12.2. The average Bonchev–Trinajstić information content (AvgIpc) is 2.49.